The lowest BCUT2D eigenvalue weighted by Crippen LogP contribution is -2.74. The predicted molar refractivity (Wildman–Crippen MR) is 212 cm³/mol. The van der Waals surface area contributed by atoms with Gasteiger partial charge in [0.15, 0.2) is 8.07 Å². The van der Waals surface area contributed by atoms with Gasteiger partial charge in [0.25, 0.3) is 0 Å². The molecule has 0 aliphatic heterocycles. The topological polar surface area (TPSA) is 25.8 Å². The first-order valence-corrected chi connectivity index (χ1v) is 19.1. The Hall–Kier alpha value is -5.87. The minimum absolute atomic E-state index is 0.739. The Labute approximate surface area is 299 Å². The maximum atomic E-state index is 6.43. The first kappa shape index (κ1) is 31.4. The minimum Gasteiger partial charge on any atom is -0.252 e. The van der Waals surface area contributed by atoms with Crippen LogP contribution in [0.5, 0.6) is 0 Å². The number of halogens is 1. The summed E-state index contributed by atoms with van der Waals surface area (Å²) >= 11 is 6.43. The third kappa shape index (κ3) is 5.98. The highest BCUT2D eigenvalue weighted by atomic mass is 35.5. The molecule has 0 saturated carbocycles. The molecule has 0 bridgehead atoms. The number of aromatic nitrogens is 2. The van der Waals surface area contributed by atoms with E-state index in [1.165, 1.54) is 20.7 Å². The molecule has 0 amide bonds. The van der Waals surface area contributed by atoms with Crippen molar-refractivity contribution >= 4 is 40.4 Å². The average Bonchev–Trinajstić information content (AvgIpc) is 3.20. The van der Waals surface area contributed by atoms with Crippen LogP contribution in [0.25, 0.3) is 44.9 Å². The van der Waals surface area contributed by atoms with Crippen LogP contribution in [-0.4, -0.2) is 18.0 Å². The van der Waals surface area contributed by atoms with Crippen molar-refractivity contribution in [1.82, 2.24) is 9.97 Å². The standard InChI is InChI=1S/C46H33ClN2Si/c47-39-26-30-43(31-27-39)50(40-20-9-3-10-21-40,41-22-11-4-12-23-41)42-28-24-34(25-29-42)37-18-13-19-38(32-37)44-33-48-45(35-14-5-1-6-15-35)46(49-44)36-16-7-2-8-17-36/h1-33H. The highest BCUT2D eigenvalue weighted by Crippen LogP contribution is 2.32. The molecule has 238 valence electrons. The third-order valence-corrected chi connectivity index (χ3v) is 14.4. The molecular weight excluding hydrogens is 644 g/mol. The molecule has 0 radical (unpaired) electrons. The highest BCUT2D eigenvalue weighted by molar-refractivity contribution is 7.19. The summed E-state index contributed by atoms with van der Waals surface area (Å²) in [6.45, 7) is 0. The zero-order valence-corrected chi connectivity index (χ0v) is 29.1. The van der Waals surface area contributed by atoms with Gasteiger partial charge < -0.3 is 0 Å². The van der Waals surface area contributed by atoms with Gasteiger partial charge >= 0.3 is 0 Å². The van der Waals surface area contributed by atoms with Crippen molar-refractivity contribution < 1.29 is 0 Å². The van der Waals surface area contributed by atoms with E-state index in [0.717, 1.165) is 49.9 Å². The van der Waals surface area contributed by atoms with Crippen LogP contribution in [0.15, 0.2) is 200 Å². The fraction of sp³-hybridized carbons (Fsp3) is 0. The number of hydrogen-bond acceptors (Lipinski definition) is 2. The molecule has 50 heavy (non-hydrogen) atoms. The Morgan fingerprint density at radius 3 is 1.36 bits per heavy atom. The lowest BCUT2D eigenvalue weighted by molar-refractivity contribution is 1.21. The summed E-state index contributed by atoms with van der Waals surface area (Å²) in [5, 5.41) is 6.00. The number of rotatable bonds is 8. The van der Waals surface area contributed by atoms with E-state index >= 15 is 0 Å². The van der Waals surface area contributed by atoms with E-state index < -0.39 is 8.07 Å². The van der Waals surface area contributed by atoms with Gasteiger partial charge in [-0.3, -0.25) is 4.98 Å². The van der Waals surface area contributed by atoms with Crippen LogP contribution in [0.1, 0.15) is 0 Å². The van der Waals surface area contributed by atoms with Crippen molar-refractivity contribution in [1.29, 1.82) is 0 Å². The largest absolute Gasteiger partial charge is 0.252 e. The van der Waals surface area contributed by atoms with E-state index in [4.69, 9.17) is 21.6 Å². The predicted octanol–water partition coefficient (Wildman–Crippen LogP) is 9.18. The van der Waals surface area contributed by atoms with Crippen molar-refractivity contribution in [2.24, 2.45) is 0 Å². The normalized spacial score (nSPS) is 11.3. The van der Waals surface area contributed by atoms with E-state index in [9.17, 15) is 0 Å². The Kier molecular flexibility index (Phi) is 8.75. The fourth-order valence-electron chi connectivity index (χ4n) is 6.98. The SMILES string of the molecule is Clc1ccc([Si](c2ccccc2)(c2ccccc2)c2ccc(-c3cccc(-c4cnc(-c5ccccc5)c(-c5ccccc5)n4)c3)cc2)cc1. The Morgan fingerprint density at radius 2 is 0.800 bits per heavy atom. The van der Waals surface area contributed by atoms with Crippen molar-refractivity contribution in [2.75, 3.05) is 0 Å². The van der Waals surface area contributed by atoms with E-state index in [0.29, 0.717) is 0 Å². The van der Waals surface area contributed by atoms with Crippen molar-refractivity contribution in [3.05, 3.63) is 205 Å². The maximum absolute atomic E-state index is 6.43. The smallest absolute Gasteiger partial charge is 0.179 e. The van der Waals surface area contributed by atoms with Gasteiger partial charge in [-0.05, 0) is 50.1 Å². The lowest BCUT2D eigenvalue weighted by atomic mass is 10.0. The van der Waals surface area contributed by atoms with Crippen molar-refractivity contribution in [2.45, 2.75) is 0 Å². The van der Waals surface area contributed by atoms with Crippen molar-refractivity contribution in [3.8, 4) is 44.9 Å². The van der Waals surface area contributed by atoms with Gasteiger partial charge in [-0.25, -0.2) is 4.98 Å². The van der Waals surface area contributed by atoms with Gasteiger partial charge in [0.1, 0.15) is 0 Å². The van der Waals surface area contributed by atoms with Gasteiger partial charge in [-0.15, -0.1) is 0 Å². The Bertz CT molecular complexity index is 2310. The first-order valence-electron chi connectivity index (χ1n) is 16.8. The molecule has 8 rings (SSSR count). The van der Waals surface area contributed by atoms with E-state index in [-0.39, 0.29) is 0 Å². The molecule has 4 heteroatoms. The summed E-state index contributed by atoms with van der Waals surface area (Å²) in [7, 11) is -2.66. The van der Waals surface area contributed by atoms with E-state index in [1.807, 2.05) is 54.7 Å². The van der Waals surface area contributed by atoms with Gasteiger partial charge in [0.05, 0.1) is 23.3 Å². The molecule has 1 aromatic heterocycles. The van der Waals surface area contributed by atoms with Crippen molar-refractivity contribution in [3.63, 3.8) is 0 Å². The van der Waals surface area contributed by atoms with Crippen LogP contribution in [0, 0.1) is 0 Å². The molecule has 0 spiro atoms. The first-order chi connectivity index (χ1) is 24.7. The number of benzene rings is 7. The van der Waals surface area contributed by atoms with Crippen LogP contribution >= 0.6 is 11.6 Å². The number of nitrogens with zero attached hydrogens (tertiary/aromatic N) is 2. The molecular formula is C46H33ClN2Si. The second-order valence-electron chi connectivity index (χ2n) is 12.3. The van der Waals surface area contributed by atoms with Gasteiger partial charge in [0, 0.05) is 21.7 Å². The number of hydrogen-bond donors (Lipinski definition) is 0. The quantitative estimate of drug-likeness (QED) is 0.119. The highest BCUT2D eigenvalue weighted by Gasteiger charge is 2.41. The molecule has 2 nitrogen and oxygen atoms in total. The fourth-order valence-corrected chi connectivity index (χ4v) is 11.8. The van der Waals surface area contributed by atoms with Crippen LogP contribution in [0.4, 0.5) is 0 Å². The Balaban J connectivity index is 1.22. The molecule has 0 aliphatic carbocycles. The van der Waals surface area contributed by atoms with Gasteiger partial charge in [-0.2, -0.15) is 0 Å². The maximum Gasteiger partial charge on any atom is 0.179 e. The van der Waals surface area contributed by atoms with E-state index in [1.54, 1.807) is 0 Å². The summed E-state index contributed by atoms with van der Waals surface area (Å²) in [5.41, 5.74) is 7.96. The molecule has 0 unspecified atom stereocenters. The lowest BCUT2D eigenvalue weighted by Gasteiger charge is -2.34. The minimum atomic E-state index is -2.66. The van der Waals surface area contributed by atoms with Crippen LogP contribution in [-0.2, 0) is 0 Å². The van der Waals surface area contributed by atoms with E-state index in [2.05, 4.69) is 146 Å². The zero-order valence-electron chi connectivity index (χ0n) is 27.3. The summed E-state index contributed by atoms with van der Waals surface area (Å²) in [6.07, 6.45) is 1.89. The Morgan fingerprint density at radius 1 is 0.360 bits per heavy atom. The molecule has 0 aliphatic rings. The second kappa shape index (κ2) is 13.9. The van der Waals surface area contributed by atoms with Gasteiger partial charge in [-0.1, -0.05) is 188 Å². The summed E-state index contributed by atoms with van der Waals surface area (Å²) < 4.78 is 0. The molecule has 1 heterocycles. The van der Waals surface area contributed by atoms with Crippen LogP contribution in [0.3, 0.4) is 0 Å². The monoisotopic (exact) mass is 676 g/mol. The van der Waals surface area contributed by atoms with Gasteiger partial charge in [0.2, 0.25) is 0 Å². The molecule has 0 N–H and O–H groups in total. The molecule has 0 saturated heterocycles. The van der Waals surface area contributed by atoms with Crippen LogP contribution in [0.2, 0.25) is 5.02 Å². The molecule has 7 aromatic carbocycles. The molecule has 8 aromatic rings. The summed E-state index contributed by atoms with van der Waals surface area (Å²) in [4.78, 5) is 10.2. The third-order valence-electron chi connectivity index (χ3n) is 9.37. The average molecular weight is 677 g/mol. The summed E-state index contributed by atoms with van der Waals surface area (Å²) in [5.74, 6) is 0. The second-order valence-corrected chi connectivity index (χ2v) is 16.6. The zero-order chi connectivity index (χ0) is 33.8. The summed E-state index contributed by atoms with van der Waals surface area (Å²) in [6, 6.07) is 68.7. The molecule has 0 fully saturated rings. The van der Waals surface area contributed by atoms with Crippen LogP contribution < -0.4 is 20.7 Å². The molecule has 0 atom stereocenters.